The number of rotatable bonds is 7. The molecule has 0 aliphatic carbocycles. The van der Waals surface area contributed by atoms with E-state index in [-0.39, 0.29) is 16.5 Å². The second-order valence-electron chi connectivity index (χ2n) is 7.40. The summed E-state index contributed by atoms with van der Waals surface area (Å²) in [6, 6.07) is 1.41. The number of carbonyl (C=O) groups excluding carboxylic acids is 1. The summed E-state index contributed by atoms with van der Waals surface area (Å²) >= 11 is 0. The lowest BCUT2D eigenvalue weighted by Crippen LogP contribution is -2.40. The van der Waals surface area contributed by atoms with Crippen LogP contribution in [0.2, 0.25) is 0 Å². The van der Waals surface area contributed by atoms with Gasteiger partial charge in [0.05, 0.1) is 13.2 Å². The molecule has 9 heteroatoms. The van der Waals surface area contributed by atoms with E-state index < -0.39 is 10.0 Å². The fraction of sp³-hybridized carbons (Fsp3) is 0.722. The van der Waals surface area contributed by atoms with Crippen molar-refractivity contribution >= 4 is 15.9 Å². The third kappa shape index (κ3) is 5.31. The fourth-order valence-electron chi connectivity index (χ4n) is 3.48. The highest BCUT2D eigenvalue weighted by molar-refractivity contribution is 7.89. The number of nitrogens with one attached hydrogen (secondary N) is 2. The molecule has 3 rings (SSSR count). The molecule has 152 valence electrons. The van der Waals surface area contributed by atoms with Gasteiger partial charge >= 0.3 is 0 Å². The van der Waals surface area contributed by atoms with E-state index in [4.69, 9.17) is 4.74 Å². The number of aromatic nitrogens is 1. The van der Waals surface area contributed by atoms with Crippen LogP contribution in [0.5, 0.6) is 0 Å². The predicted molar refractivity (Wildman–Crippen MR) is 102 cm³/mol. The maximum Gasteiger partial charge on any atom is 0.267 e. The largest absolute Gasteiger partial charge is 0.379 e. The Morgan fingerprint density at radius 3 is 2.67 bits per heavy atom. The summed E-state index contributed by atoms with van der Waals surface area (Å²) in [7, 11) is -3.58. The van der Waals surface area contributed by atoms with Gasteiger partial charge in [0.25, 0.3) is 5.91 Å². The lowest BCUT2D eigenvalue weighted by molar-refractivity contribution is 0.0730. The first-order chi connectivity index (χ1) is 13.0. The van der Waals surface area contributed by atoms with E-state index in [2.05, 4.69) is 22.1 Å². The molecule has 2 aliphatic rings. The van der Waals surface area contributed by atoms with Gasteiger partial charge in [-0.2, -0.15) is 4.31 Å². The Morgan fingerprint density at radius 1 is 1.26 bits per heavy atom. The molecule has 3 heterocycles. The minimum Gasteiger partial charge on any atom is -0.379 e. The van der Waals surface area contributed by atoms with Crippen molar-refractivity contribution in [1.29, 1.82) is 0 Å². The minimum absolute atomic E-state index is 0.122. The highest BCUT2D eigenvalue weighted by Gasteiger charge is 2.27. The summed E-state index contributed by atoms with van der Waals surface area (Å²) in [5.41, 5.74) is 0.272. The van der Waals surface area contributed by atoms with Crippen LogP contribution in [-0.2, 0) is 14.8 Å². The number of likely N-dealkylation sites (tertiary alicyclic amines) is 1. The van der Waals surface area contributed by atoms with Crippen LogP contribution in [0.25, 0.3) is 0 Å². The number of hydrogen-bond acceptors (Lipinski definition) is 5. The maximum atomic E-state index is 12.6. The first-order valence-corrected chi connectivity index (χ1v) is 11.2. The van der Waals surface area contributed by atoms with Crippen LogP contribution >= 0.6 is 0 Å². The van der Waals surface area contributed by atoms with Gasteiger partial charge in [-0.05, 0) is 50.9 Å². The Hall–Kier alpha value is -1.42. The summed E-state index contributed by atoms with van der Waals surface area (Å²) < 4.78 is 31.8. The van der Waals surface area contributed by atoms with E-state index in [1.54, 1.807) is 0 Å². The number of H-pyrrole nitrogens is 1. The molecule has 0 unspecified atom stereocenters. The third-order valence-electron chi connectivity index (χ3n) is 5.32. The van der Waals surface area contributed by atoms with Gasteiger partial charge in [0.15, 0.2) is 0 Å². The van der Waals surface area contributed by atoms with E-state index in [1.165, 1.54) is 29.4 Å². The zero-order valence-electron chi connectivity index (χ0n) is 15.9. The van der Waals surface area contributed by atoms with Gasteiger partial charge in [0.1, 0.15) is 10.6 Å². The minimum atomic E-state index is -3.58. The molecule has 2 aliphatic heterocycles. The molecule has 1 amide bonds. The molecule has 0 radical (unpaired) electrons. The Balaban J connectivity index is 1.45. The number of morpholine rings is 1. The molecule has 27 heavy (non-hydrogen) atoms. The summed E-state index contributed by atoms with van der Waals surface area (Å²) in [4.78, 5) is 17.6. The van der Waals surface area contributed by atoms with Crippen molar-refractivity contribution in [3.63, 3.8) is 0 Å². The van der Waals surface area contributed by atoms with E-state index in [9.17, 15) is 13.2 Å². The van der Waals surface area contributed by atoms with Crippen molar-refractivity contribution in [1.82, 2.24) is 19.5 Å². The summed E-state index contributed by atoms with van der Waals surface area (Å²) in [6.07, 6.45) is 4.76. The highest BCUT2D eigenvalue weighted by atomic mass is 32.2. The standard InChI is InChI=1S/C18H30N4O4S/c1-15-3-7-21(8-4-15)6-2-5-19-18(23)17-13-16(14-20-17)27(24,25)22-9-11-26-12-10-22/h13-15,20H,2-12H2,1H3,(H,19,23). The molecular weight excluding hydrogens is 368 g/mol. The Bertz CT molecular complexity index is 719. The van der Waals surface area contributed by atoms with Gasteiger partial charge in [-0.3, -0.25) is 4.79 Å². The molecule has 1 aromatic rings. The van der Waals surface area contributed by atoms with Crippen molar-refractivity contribution in [3.8, 4) is 0 Å². The van der Waals surface area contributed by atoms with Crippen molar-refractivity contribution in [2.75, 3.05) is 52.5 Å². The quantitative estimate of drug-likeness (QED) is 0.665. The normalized spacial score (nSPS) is 20.6. The molecule has 0 saturated carbocycles. The Kier molecular flexibility index (Phi) is 6.91. The lowest BCUT2D eigenvalue weighted by atomic mass is 9.99. The molecule has 0 spiro atoms. The molecule has 8 nitrogen and oxygen atoms in total. The van der Waals surface area contributed by atoms with Crippen LogP contribution in [0.15, 0.2) is 17.2 Å². The number of piperidine rings is 1. The monoisotopic (exact) mass is 398 g/mol. The SMILES string of the molecule is CC1CCN(CCCNC(=O)c2cc(S(=O)(=O)N3CCOCC3)c[nH]2)CC1. The predicted octanol–water partition coefficient (Wildman–Crippen LogP) is 0.887. The van der Waals surface area contributed by atoms with Gasteiger partial charge in [0, 0.05) is 25.8 Å². The molecule has 2 saturated heterocycles. The number of carbonyl (C=O) groups is 1. The second kappa shape index (κ2) is 9.18. The molecule has 1 aromatic heterocycles. The van der Waals surface area contributed by atoms with Crippen LogP contribution in [0.3, 0.4) is 0 Å². The molecular formula is C18H30N4O4S. The number of nitrogens with zero attached hydrogens (tertiary/aromatic N) is 2. The smallest absolute Gasteiger partial charge is 0.267 e. The van der Waals surface area contributed by atoms with Crippen molar-refractivity contribution in [2.45, 2.75) is 31.1 Å². The molecule has 0 atom stereocenters. The van der Waals surface area contributed by atoms with Crippen molar-refractivity contribution < 1.29 is 17.9 Å². The Labute approximate surface area is 161 Å². The van der Waals surface area contributed by atoms with Crippen LogP contribution in [0.4, 0.5) is 0 Å². The first-order valence-electron chi connectivity index (χ1n) is 9.73. The van der Waals surface area contributed by atoms with Crippen molar-refractivity contribution in [3.05, 3.63) is 18.0 Å². The average Bonchev–Trinajstić information content (AvgIpc) is 3.18. The topological polar surface area (TPSA) is 94.7 Å². The van der Waals surface area contributed by atoms with Gasteiger partial charge in [-0.25, -0.2) is 8.42 Å². The zero-order chi connectivity index (χ0) is 19.3. The molecule has 2 N–H and O–H groups in total. The highest BCUT2D eigenvalue weighted by Crippen LogP contribution is 2.18. The molecule has 0 bridgehead atoms. The van der Waals surface area contributed by atoms with Gasteiger partial charge < -0.3 is 19.9 Å². The van der Waals surface area contributed by atoms with Crippen LogP contribution in [0.1, 0.15) is 36.7 Å². The second-order valence-corrected chi connectivity index (χ2v) is 9.34. The van der Waals surface area contributed by atoms with Gasteiger partial charge in [0.2, 0.25) is 10.0 Å². The molecule has 2 fully saturated rings. The molecule has 0 aromatic carbocycles. The summed E-state index contributed by atoms with van der Waals surface area (Å²) in [5.74, 6) is 0.544. The number of aromatic amines is 1. The van der Waals surface area contributed by atoms with Gasteiger partial charge in [-0.1, -0.05) is 6.92 Å². The number of hydrogen-bond donors (Lipinski definition) is 2. The first kappa shape index (κ1) is 20.3. The maximum absolute atomic E-state index is 12.6. The lowest BCUT2D eigenvalue weighted by Gasteiger charge is -2.30. The number of ether oxygens (including phenoxy) is 1. The average molecular weight is 399 g/mol. The van der Waals surface area contributed by atoms with Crippen LogP contribution < -0.4 is 5.32 Å². The van der Waals surface area contributed by atoms with E-state index >= 15 is 0 Å². The Morgan fingerprint density at radius 2 is 1.96 bits per heavy atom. The van der Waals surface area contributed by atoms with Gasteiger partial charge in [-0.15, -0.1) is 0 Å². The van der Waals surface area contributed by atoms with E-state index in [1.807, 2.05) is 0 Å². The van der Waals surface area contributed by atoms with Crippen molar-refractivity contribution in [2.24, 2.45) is 5.92 Å². The van der Waals surface area contributed by atoms with Crippen LogP contribution in [0, 0.1) is 5.92 Å². The van der Waals surface area contributed by atoms with Crippen LogP contribution in [-0.4, -0.2) is 81.0 Å². The fourth-order valence-corrected chi connectivity index (χ4v) is 4.88. The van der Waals surface area contributed by atoms with E-state index in [0.29, 0.717) is 32.8 Å². The third-order valence-corrected chi connectivity index (χ3v) is 7.20. The number of amides is 1. The summed E-state index contributed by atoms with van der Waals surface area (Å²) in [5, 5.41) is 2.87. The summed E-state index contributed by atoms with van der Waals surface area (Å²) in [6.45, 7) is 7.59. The number of sulfonamides is 1. The van der Waals surface area contributed by atoms with E-state index in [0.717, 1.165) is 32.0 Å². The zero-order valence-corrected chi connectivity index (χ0v) is 16.8.